The van der Waals surface area contributed by atoms with E-state index in [0.29, 0.717) is 13.2 Å². The molecule has 0 fully saturated rings. The molecule has 27 heavy (non-hydrogen) atoms. The molecule has 144 valence electrons. The third-order valence-corrected chi connectivity index (χ3v) is 3.57. The van der Waals surface area contributed by atoms with Crippen LogP contribution in [0.25, 0.3) is 0 Å². The molecular formula is C20H23NO6. The summed E-state index contributed by atoms with van der Waals surface area (Å²) in [5, 5.41) is 11.5. The second kappa shape index (κ2) is 11.7. The number of hydrogen-bond donors (Lipinski definition) is 2. The van der Waals surface area contributed by atoms with Crippen LogP contribution in [0.1, 0.15) is 11.1 Å². The number of carboxylic acid groups (broad SMARTS) is 1. The van der Waals surface area contributed by atoms with E-state index < -0.39 is 18.1 Å². The van der Waals surface area contributed by atoms with Gasteiger partial charge in [0.15, 0.2) is 6.04 Å². The lowest BCUT2D eigenvalue weighted by molar-refractivity contribution is -0.141. The van der Waals surface area contributed by atoms with Crippen molar-refractivity contribution in [2.24, 2.45) is 0 Å². The summed E-state index contributed by atoms with van der Waals surface area (Å²) in [6.45, 7) is 0.880. The highest BCUT2D eigenvalue weighted by Crippen LogP contribution is 2.02. The molecule has 0 radical (unpaired) electrons. The van der Waals surface area contributed by atoms with Crippen LogP contribution in [-0.2, 0) is 32.2 Å². The van der Waals surface area contributed by atoms with Crippen LogP contribution in [0.2, 0.25) is 0 Å². The predicted octanol–water partition coefficient (Wildman–Crippen LogP) is 2.60. The van der Waals surface area contributed by atoms with Gasteiger partial charge in [-0.3, -0.25) is 0 Å². The van der Waals surface area contributed by atoms with Crippen molar-refractivity contribution in [1.29, 1.82) is 0 Å². The number of carbonyl (C=O) groups excluding carboxylic acids is 1. The molecule has 7 heteroatoms. The summed E-state index contributed by atoms with van der Waals surface area (Å²) in [6.07, 6.45) is -0.810. The molecule has 0 aliphatic heterocycles. The van der Waals surface area contributed by atoms with Gasteiger partial charge in [-0.05, 0) is 11.1 Å². The summed E-state index contributed by atoms with van der Waals surface area (Å²) >= 11 is 0. The van der Waals surface area contributed by atoms with E-state index in [2.05, 4.69) is 5.32 Å². The Labute approximate surface area is 157 Å². The minimum atomic E-state index is -1.20. The zero-order chi connectivity index (χ0) is 19.3. The molecule has 2 aromatic rings. The largest absolute Gasteiger partial charge is 0.480 e. The second-order valence-electron chi connectivity index (χ2n) is 5.71. The topological polar surface area (TPSA) is 94.1 Å². The van der Waals surface area contributed by atoms with E-state index in [1.807, 2.05) is 48.5 Å². The summed E-state index contributed by atoms with van der Waals surface area (Å²) in [5.41, 5.74) is 1.86. The molecule has 0 bridgehead atoms. The van der Waals surface area contributed by atoms with Gasteiger partial charge in [0.05, 0.1) is 26.4 Å². The van der Waals surface area contributed by atoms with Crippen molar-refractivity contribution in [2.75, 3.05) is 19.8 Å². The average Bonchev–Trinajstić information content (AvgIpc) is 2.69. The summed E-state index contributed by atoms with van der Waals surface area (Å²) in [5.74, 6) is -1.20. The Morgan fingerprint density at radius 2 is 1.41 bits per heavy atom. The molecular weight excluding hydrogens is 350 g/mol. The Hall–Kier alpha value is -2.90. The minimum Gasteiger partial charge on any atom is -0.480 e. The van der Waals surface area contributed by atoms with Crippen molar-refractivity contribution < 1.29 is 28.9 Å². The number of carbonyl (C=O) groups is 2. The summed E-state index contributed by atoms with van der Waals surface area (Å²) in [6, 6.07) is 17.6. The predicted molar refractivity (Wildman–Crippen MR) is 98.1 cm³/mol. The highest BCUT2D eigenvalue weighted by atomic mass is 16.6. The smallest absolute Gasteiger partial charge is 0.408 e. The third kappa shape index (κ3) is 8.35. The van der Waals surface area contributed by atoms with Crippen LogP contribution in [0.15, 0.2) is 60.7 Å². The maximum Gasteiger partial charge on any atom is 0.408 e. The van der Waals surface area contributed by atoms with E-state index in [4.69, 9.17) is 14.2 Å². The molecule has 0 saturated heterocycles. The standard InChI is InChI=1S/C20H23NO6/c22-19(23)18(21-20(24)27-14-17-9-5-2-6-10-17)15-26-12-11-25-13-16-7-3-1-4-8-16/h1-10,18H,11-15H2,(H,21,24)(H,22,23). The molecule has 2 aromatic carbocycles. The highest BCUT2D eigenvalue weighted by Gasteiger charge is 2.20. The summed E-state index contributed by atoms with van der Waals surface area (Å²) < 4.78 is 15.7. The lowest BCUT2D eigenvalue weighted by Gasteiger charge is -2.15. The molecule has 0 aliphatic rings. The molecule has 0 saturated carbocycles. The van der Waals surface area contributed by atoms with E-state index in [-0.39, 0.29) is 19.8 Å². The summed E-state index contributed by atoms with van der Waals surface area (Å²) in [7, 11) is 0. The maximum absolute atomic E-state index is 11.7. The Balaban J connectivity index is 1.61. The second-order valence-corrected chi connectivity index (χ2v) is 5.71. The van der Waals surface area contributed by atoms with Crippen molar-refractivity contribution in [3.63, 3.8) is 0 Å². The van der Waals surface area contributed by atoms with Crippen LogP contribution < -0.4 is 5.32 Å². The number of benzene rings is 2. The molecule has 0 aliphatic carbocycles. The minimum absolute atomic E-state index is 0.0627. The lowest BCUT2D eigenvalue weighted by atomic mass is 10.2. The van der Waals surface area contributed by atoms with Gasteiger partial charge in [0.2, 0.25) is 0 Å². The van der Waals surface area contributed by atoms with Gasteiger partial charge in [-0.1, -0.05) is 60.7 Å². The fourth-order valence-corrected chi connectivity index (χ4v) is 2.17. The molecule has 1 amide bonds. The van der Waals surface area contributed by atoms with Gasteiger partial charge in [-0.25, -0.2) is 9.59 Å². The van der Waals surface area contributed by atoms with Crippen molar-refractivity contribution in [2.45, 2.75) is 19.3 Å². The monoisotopic (exact) mass is 373 g/mol. The van der Waals surface area contributed by atoms with Crippen LogP contribution in [0.4, 0.5) is 4.79 Å². The molecule has 2 N–H and O–H groups in total. The number of alkyl carbamates (subject to hydrolysis) is 1. The number of amides is 1. The number of nitrogens with one attached hydrogen (secondary N) is 1. The fraction of sp³-hybridized carbons (Fsp3) is 0.300. The SMILES string of the molecule is O=C(NC(COCCOCc1ccccc1)C(=O)O)OCc1ccccc1. The van der Waals surface area contributed by atoms with Gasteiger partial charge in [0.25, 0.3) is 0 Å². The number of rotatable bonds is 11. The van der Waals surface area contributed by atoms with Crippen molar-refractivity contribution in [3.8, 4) is 0 Å². The van der Waals surface area contributed by atoms with Crippen LogP contribution in [0.5, 0.6) is 0 Å². The van der Waals surface area contributed by atoms with E-state index in [9.17, 15) is 14.7 Å². The Bertz CT molecular complexity index is 692. The zero-order valence-corrected chi connectivity index (χ0v) is 14.9. The summed E-state index contributed by atoms with van der Waals surface area (Å²) in [4.78, 5) is 23.0. The quantitative estimate of drug-likeness (QED) is 0.588. The lowest BCUT2D eigenvalue weighted by Crippen LogP contribution is -2.44. The zero-order valence-electron chi connectivity index (χ0n) is 14.9. The Kier molecular flexibility index (Phi) is 8.82. The average molecular weight is 373 g/mol. The number of ether oxygens (including phenoxy) is 3. The number of hydrogen-bond acceptors (Lipinski definition) is 5. The van der Waals surface area contributed by atoms with Crippen LogP contribution in [0.3, 0.4) is 0 Å². The molecule has 2 rings (SSSR count). The maximum atomic E-state index is 11.7. The van der Waals surface area contributed by atoms with Crippen molar-refractivity contribution in [1.82, 2.24) is 5.32 Å². The van der Waals surface area contributed by atoms with Crippen molar-refractivity contribution >= 4 is 12.1 Å². The molecule has 1 unspecified atom stereocenters. The number of carboxylic acids is 1. The highest BCUT2D eigenvalue weighted by molar-refractivity contribution is 5.80. The first-order valence-electron chi connectivity index (χ1n) is 8.54. The molecule has 0 spiro atoms. The fourth-order valence-electron chi connectivity index (χ4n) is 2.17. The van der Waals surface area contributed by atoms with Gasteiger partial charge < -0.3 is 24.6 Å². The van der Waals surface area contributed by atoms with Crippen LogP contribution >= 0.6 is 0 Å². The molecule has 1 atom stereocenters. The van der Waals surface area contributed by atoms with E-state index >= 15 is 0 Å². The van der Waals surface area contributed by atoms with Gasteiger partial charge in [0, 0.05) is 0 Å². The van der Waals surface area contributed by atoms with Crippen LogP contribution in [-0.4, -0.2) is 43.0 Å². The Morgan fingerprint density at radius 1 is 0.852 bits per heavy atom. The van der Waals surface area contributed by atoms with E-state index in [0.717, 1.165) is 11.1 Å². The normalized spacial score (nSPS) is 11.6. The van der Waals surface area contributed by atoms with Gasteiger partial charge in [0.1, 0.15) is 6.61 Å². The van der Waals surface area contributed by atoms with E-state index in [1.54, 1.807) is 12.1 Å². The molecule has 0 heterocycles. The van der Waals surface area contributed by atoms with Crippen LogP contribution in [0, 0.1) is 0 Å². The Morgan fingerprint density at radius 3 is 2.00 bits per heavy atom. The first-order chi connectivity index (χ1) is 13.1. The van der Waals surface area contributed by atoms with Gasteiger partial charge in [-0.2, -0.15) is 0 Å². The number of aliphatic carboxylic acids is 1. The van der Waals surface area contributed by atoms with Crippen molar-refractivity contribution in [3.05, 3.63) is 71.8 Å². The van der Waals surface area contributed by atoms with Gasteiger partial charge in [-0.15, -0.1) is 0 Å². The first-order valence-corrected chi connectivity index (χ1v) is 8.54. The van der Waals surface area contributed by atoms with E-state index in [1.165, 1.54) is 0 Å². The first kappa shape index (κ1) is 20.4. The molecule has 0 aromatic heterocycles. The molecule has 7 nitrogen and oxygen atoms in total. The third-order valence-electron chi connectivity index (χ3n) is 3.57. The van der Waals surface area contributed by atoms with Gasteiger partial charge >= 0.3 is 12.1 Å².